The maximum absolute atomic E-state index is 12.3. The van der Waals surface area contributed by atoms with E-state index in [9.17, 15) is 4.79 Å². The zero-order chi connectivity index (χ0) is 20.8. The number of epoxide rings is 1. The summed E-state index contributed by atoms with van der Waals surface area (Å²) in [5.74, 6) is 2.72. The molecule has 0 aromatic rings. The van der Waals surface area contributed by atoms with Gasteiger partial charge in [-0.05, 0) is 64.2 Å². The average Bonchev–Trinajstić information content (AvgIpc) is 3.49. The summed E-state index contributed by atoms with van der Waals surface area (Å²) in [6, 6.07) is 0. The molecule has 0 spiro atoms. The van der Waals surface area contributed by atoms with Gasteiger partial charge in [0.15, 0.2) is 0 Å². The van der Waals surface area contributed by atoms with Crippen molar-refractivity contribution in [3.63, 3.8) is 0 Å². The van der Waals surface area contributed by atoms with Gasteiger partial charge in [0.05, 0.1) is 19.3 Å². The van der Waals surface area contributed by atoms with Gasteiger partial charge in [0.25, 0.3) is 0 Å². The number of likely N-dealkylation sites (tertiary alicyclic amines) is 1. The highest BCUT2D eigenvalue weighted by Crippen LogP contribution is 2.40. The molecule has 0 radical (unpaired) electrons. The van der Waals surface area contributed by atoms with Gasteiger partial charge in [0.1, 0.15) is 18.1 Å². The molecule has 1 saturated carbocycles. The second-order valence-corrected chi connectivity index (χ2v) is 9.93. The average molecular weight is 410 g/mol. The Hall–Kier alpha value is -0.490. The second kappa shape index (κ2) is 11.2. The summed E-state index contributed by atoms with van der Waals surface area (Å²) in [6.07, 6.45) is 9.29. The third-order valence-corrected chi connectivity index (χ3v) is 7.13. The Morgan fingerprint density at radius 3 is 2.21 bits per heavy atom. The van der Waals surface area contributed by atoms with Crippen LogP contribution in [-0.2, 0) is 19.0 Å². The smallest absolute Gasteiger partial charge is 0.138 e. The topological polar surface area (TPSA) is 51.3 Å². The van der Waals surface area contributed by atoms with Crippen molar-refractivity contribution in [3.8, 4) is 0 Å². The first kappa shape index (κ1) is 23.2. The van der Waals surface area contributed by atoms with Gasteiger partial charge >= 0.3 is 0 Å². The van der Waals surface area contributed by atoms with E-state index in [1.54, 1.807) is 0 Å². The lowest BCUT2D eigenvalue weighted by molar-refractivity contribution is -0.127. The fraction of sp³-hybridized carbons (Fsp3) is 0.958. The summed E-state index contributed by atoms with van der Waals surface area (Å²) in [5, 5.41) is 0. The number of Topliss-reactive ketones (excluding diaryl/α,β-unsaturated/α-hetero) is 1. The van der Waals surface area contributed by atoms with Crippen molar-refractivity contribution in [2.45, 2.75) is 91.1 Å². The Kier molecular flexibility index (Phi) is 8.97. The first-order chi connectivity index (χ1) is 14.0. The molecule has 5 heteroatoms. The van der Waals surface area contributed by atoms with Gasteiger partial charge in [-0.1, -0.05) is 13.8 Å². The van der Waals surface area contributed by atoms with Crippen LogP contribution >= 0.6 is 0 Å². The van der Waals surface area contributed by atoms with E-state index in [0.717, 1.165) is 37.7 Å². The van der Waals surface area contributed by atoms with Crippen LogP contribution in [0.3, 0.4) is 0 Å². The quantitative estimate of drug-likeness (QED) is 0.376. The molecule has 0 aromatic carbocycles. The molecule has 2 unspecified atom stereocenters. The number of carbonyl (C=O) groups excluding carboxylic acids is 1. The maximum atomic E-state index is 12.3. The van der Waals surface area contributed by atoms with Crippen LogP contribution in [0.4, 0.5) is 0 Å². The van der Waals surface area contributed by atoms with Crippen LogP contribution in [0.25, 0.3) is 0 Å². The van der Waals surface area contributed by atoms with Gasteiger partial charge in [-0.3, -0.25) is 9.69 Å². The fourth-order valence-electron chi connectivity index (χ4n) is 5.30. The molecule has 1 aliphatic carbocycles. The van der Waals surface area contributed by atoms with Crippen LogP contribution in [0.5, 0.6) is 0 Å². The van der Waals surface area contributed by atoms with Gasteiger partial charge < -0.3 is 14.2 Å². The van der Waals surface area contributed by atoms with E-state index >= 15 is 0 Å². The van der Waals surface area contributed by atoms with E-state index in [-0.39, 0.29) is 12.0 Å². The zero-order valence-corrected chi connectivity index (χ0v) is 19.1. The molecule has 3 fully saturated rings. The summed E-state index contributed by atoms with van der Waals surface area (Å²) in [5.41, 5.74) is 0. The van der Waals surface area contributed by atoms with E-state index in [1.165, 1.54) is 38.8 Å². The molecule has 2 saturated heterocycles. The molecule has 0 bridgehead atoms. The highest BCUT2D eigenvalue weighted by molar-refractivity contribution is 5.82. The SMILES string of the molecule is CC(C)OCCOCCC1OC1N1CCC(C2CCC(C(=O)C(C)C)CC2)CC1. The Morgan fingerprint density at radius 1 is 0.931 bits per heavy atom. The molecule has 2 heterocycles. The van der Waals surface area contributed by atoms with E-state index in [2.05, 4.69) is 4.90 Å². The van der Waals surface area contributed by atoms with E-state index in [0.29, 0.717) is 37.2 Å². The predicted octanol–water partition coefficient (Wildman–Crippen LogP) is 4.29. The third-order valence-electron chi connectivity index (χ3n) is 7.13. The second-order valence-electron chi connectivity index (χ2n) is 9.93. The largest absolute Gasteiger partial charge is 0.379 e. The van der Waals surface area contributed by atoms with Crippen LogP contribution in [0.1, 0.15) is 72.6 Å². The van der Waals surface area contributed by atoms with Gasteiger partial charge in [-0.15, -0.1) is 0 Å². The minimum absolute atomic E-state index is 0.199. The predicted molar refractivity (Wildman–Crippen MR) is 115 cm³/mol. The number of ether oxygens (including phenoxy) is 3. The first-order valence-corrected chi connectivity index (χ1v) is 12.1. The Bertz CT molecular complexity index is 493. The zero-order valence-electron chi connectivity index (χ0n) is 19.1. The minimum atomic E-state index is 0.199. The Balaban J connectivity index is 1.26. The van der Waals surface area contributed by atoms with Crippen LogP contribution in [-0.4, -0.2) is 62.0 Å². The molecular formula is C24H43NO4. The molecule has 2 aliphatic heterocycles. The molecule has 29 heavy (non-hydrogen) atoms. The summed E-state index contributed by atoms with van der Waals surface area (Å²) < 4.78 is 17.1. The first-order valence-electron chi connectivity index (χ1n) is 12.1. The van der Waals surface area contributed by atoms with Crippen molar-refractivity contribution >= 4 is 5.78 Å². The van der Waals surface area contributed by atoms with E-state index in [1.807, 2.05) is 27.7 Å². The van der Waals surface area contributed by atoms with Crippen LogP contribution in [0.2, 0.25) is 0 Å². The lowest BCUT2D eigenvalue weighted by Gasteiger charge is -2.38. The van der Waals surface area contributed by atoms with Gasteiger partial charge in [0.2, 0.25) is 0 Å². The lowest BCUT2D eigenvalue weighted by atomic mass is 9.71. The monoisotopic (exact) mass is 409 g/mol. The number of ketones is 1. The summed E-state index contributed by atoms with van der Waals surface area (Å²) in [6.45, 7) is 12.6. The number of carbonyl (C=O) groups is 1. The standard InChI is InChI=1S/C24H43NO4/c1-17(2)23(26)21-7-5-19(6-8-21)20-9-12-25(13-10-20)24-22(29-24)11-14-27-15-16-28-18(3)4/h17-22,24H,5-16H2,1-4H3. The molecule has 3 rings (SSSR count). The van der Waals surface area contributed by atoms with Gasteiger partial charge in [-0.25, -0.2) is 0 Å². The van der Waals surface area contributed by atoms with Crippen LogP contribution in [0.15, 0.2) is 0 Å². The fourth-order valence-corrected chi connectivity index (χ4v) is 5.30. The van der Waals surface area contributed by atoms with Crippen molar-refractivity contribution in [3.05, 3.63) is 0 Å². The van der Waals surface area contributed by atoms with E-state index in [4.69, 9.17) is 14.2 Å². The molecule has 2 atom stereocenters. The minimum Gasteiger partial charge on any atom is -0.379 e. The number of hydrogen-bond donors (Lipinski definition) is 0. The summed E-state index contributed by atoms with van der Waals surface area (Å²) >= 11 is 0. The Morgan fingerprint density at radius 2 is 1.59 bits per heavy atom. The van der Waals surface area contributed by atoms with Crippen molar-refractivity contribution in [1.29, 1.82) is 0 Å². The van der Waals surface area contributed by atoms with Crippen molar-refractivity contribution in [2.24, 2.45) is 23.7 Å². The number of nitrogens with zero attached hydrogens (tertiary/aromatic N) is 1. The number of piperidine rings is 1. The van der Waals surface area contributed by atoms with Crippen molar-refractivity contribution in [2.75, 3.05) is 32.9 Å². The van der Waals surface area contributed by atoms with Crippen molar-refractivity contribution < 1.29 is 19.0 Å². The lowest BCUT2D eigenvalue weighted by Crippen LogP contribution is -2.39. The molecule has 0 aromatic heterocycles. The molecule has 0 amide bonds. The molecule has 5 nitrogen and oxygen atoms in total. The summed E-state index contributed by atoms with van der Waals surface area (Å²) in [4.78, 5) is 14.8. The summed E-state index contributed by atoms with van der Waals surface area (Å²) in [7, 11) is 0. The normalized spacial score (nSPS) is 31.5. The molecule has 3 aliphatic rings. The van der Waals surface area contributed by atoms with Gasteiger partial charge in [0, 0.05) is 38.0 Å². The number of rotatable bonds is 11. The molecular weight excluding hydrogens is 366 g/mol. The maximum Gasteiger partial charge on any atom is 0.138 e. The molecule has 0 N–H and O–H groups in total. The Labute approximate surface area is 177 Å². The van der Waals surface area contributed by atoms with Crippen molar-refractivity contribution in [1.82, 2.24) is 4.90 Å². The number of hydrogen-bond acceptors (Lipinski definition) is 5. The molecule has 168 valence electrons. The third kappa shape index (κ3) is 7.02. The van der Waals surface area contributed by atoms with Gasteiger partial charge in [-0.2, -0.15) is 0 Å². The highest BCUT2D eigenvalue weighted by atomic mass is 16.6. The van der Waals surface area contributed by atoms with Crippen LogP contribution < -0.4 is 0 Å². The highest BCUT2D eigenvalue weighted by Gasteiger charge is 2.44. The van der Waals surface area contributed by atoms with E-state index < -0.39 is 0 Å². The van der Waals surface area contributed by atoms with Crippen LogP contribution in [0, 0.1) is 23.7 Å².